The van der Waals surface area contributed by atoms with Crippen LogP contribution in [0.15, 0.2) is 36.4 Å². The van der Waals surface area contributed by atoms with Gasteiger partial charge in [0.15, 0.2) is 0 Å². The first-order valence-electron chi connectivity index (χ1n) is 9.35. The predicted molar refractivity (Wildman–Crippen MR) is 105 cm³/mol. The van der Waals surface area contributed by atoms with E-state index < -0.39 is 0 Å². The minimum absolute atomic E-state index is 0.0783. The Kier molecular flexibility index (Phi) is 3.87. The standard InChI is InChI=1S/C23H27NO/c1-5-8-15-11-18-19(14-25-22(18)20(12-15)23(2,3)4)21-17-10-7-6-9-16(17)13-24-21/h6-7,9-12,24H,5,8,13-14H2,1-4H3/b21-19+. The van der Waals surface area contributed by atoms with Crippen LogP contribution < -0.4 is 10.1 Å². The molecule has 0 fully saturated rings. The highest BCUT2D eigenvalue weighted by Crippen LogP contribution is 2.45. The van der Waals surface area contributed by atoms with E-state index in [1.807, 2.05) is 0 Å². The minimum atomic E-state index is 0.0783. The molecule has 2 aliphatic rings. The summed E-state index contributed by atoms with van der Waals surface area (Å²) >= 11 is 0. The first-order chi connectivity index (χ1) is 12.0. The zero-order valence-corrected chi connectivity index (χ0v) is 15.7. The SMILES string of the molecule is CCCc1cc2c(c(C(C)(C)C)c1)OC/C2=C1\NCc2ccccc21. The van der Waals surface area contributed by atoms with Gasteiger partial charge in [-0.2, -0.15) is 0 Å². The third-order valence-electron chi connectivity index (χ3n) is 5.23. The molecule has 2 nitrogen and oxygen atoms in total. The average Bonchev–Trinajstić information content (AvgIpc) is 3.17. The van der Waals surface area contributed by atoms with Gasteiger partial charge >= 0.3 is 0 Å². The van der Waals surface area contributed by atoms with E-state index in [2.05, 4.69) is 69.4 Å². The second-order valence-electron chi connectivity index (χ2n) is 8.17. The van der Waals surface area contributed by atoms with Crippen LogP contribution in [-0.4, -0.2) is 6.61 Å². The summed E-state index contributed by atoms with van der Waals surface area (Å²) in [5.74, 6) is 1.08. The third kappa shape index (κ3) is 2.74. The van der Waals surface area contributed by atoms with Crippen molar-refractivity contribution in [2.45, 2.75) is 52.5 Å². The minimum Gasteiger partial charge on any atom is -0.488 e. The molecule has 0 amide bonds. The molecular weight excluding hydrogens is 306 g/mol. The van der Waals surface area contributed by atoms with Gasteiger partial charge in [0, 0.05) is 34.5 Å². The van der Waals surface area contributed by atoms with Crippen LogP contribution >= 0.6 is 0 Å². The van der Waals surface area contributed by atoms with Gasteiger partial charge in [0.1, 0.15) is 12.4 Å². The van der Waals surface area contributed by atoms with E-state index in [-0.39, 0.29) is 5.41 Å². The predicted octanol–water partition coefficient (Wildman–Crippen LogP) is 5.30. The van der Waals surface area contributed by atoms with Crippen molar-refractivity contribution in [2.24, 2.45) is 0 Å². The van der Waals surface area contributed by atoms with Crippen molar-refractivity contribution in [1.29, 1.82) is 0 Å². The maximum atomic E-state index is 6.23. The summed E-state index contributed by atoms with van der Waals surface area (Å²) in [6.07, 6.45) is 2.28. The van der Waals surface area contributed by atoms with Gasteiger partial charge in [-0.15, -0.1) is 0 Å². The molecule has 2 aliphatic heterocycles. The first kappa shape index (κ1) is 16.3. The van der Waals surface area contributed by atoms with Crippen LogP contribution in [0.3, 0.4) is 0 Å². The third-order valence-corrected chi connectivity index (χ3v) is 5.23. The summed E-state index contributed by atoms with van der Waals surface area (Å²) in [7, 11) is 0. The van der Waals surface area contributed by atoms with Gasteiger partial charge in [-0.25, -0.2) is 0 Å². The number of fused-ring (bicyclic) bond motifs is 2. The fourth-order valence-electron chi connectivity index (χ4n) is 3.95. The lowest BCUT2D eigenvalue weighted by atomic mass is 9.83. The molecule has 2 heteroatoms. The highest BCUT2D eigenvalue weighted by atomic mass is 16.5. The van der Waals surface area contributed by atoms with Crippen LogP contribution in [0.1, 0.15) is 61.9 Å². The number of benzene rings is 2. The summed E-state index contributed by atoms with van der Waals surface area (Å²) in [5, 5.41) is 3.61. The highest BCUT2D eigenvalue weighted by molar-refractivity contribution is 5.96. The van der Waals surface area contributed by atoms with Gasteiger partial charge in [-0.05, 0) is 29.0 Å². The molecule has 0 bridgehead atoms. The molecule has 0 radical (unpaired) electrons. The second kappa shape index (κ2) is 5.94. The first-order valence-corrected chi connectivity index (χ1v) is 9.35. The maximum Gasteiger partial charge on any atom is 0.131 e. The largest absolute Gasteiger partial charge is 0.488 e. The van der Waals surface area contributed by atoms with E-state index in [0.717, 1.165) is 25.1 Å². The summed E-state index contributed by atoms with van der Waals surface area (Å²) in [6.45, 7) is 10.6. The second-order valence-corrected chi connectivity index (χ2v) is 8.17. The van der Waals surface area contributed by atoms with E-state index in [0.29, 0.717) is 6.61 Å². The van der Waals surface area contributed by atoms with Gasteiger partial charge in [-0.1, -0.05) is 64.4 Å². The van der Waals surface area contributed by atoms with Crippen molar-refractivity contribution >= 4 is 11.3 Å². The summed E-state index contributed by atoms with van der Waals surface area (Å²) in [4.78, 5) is 0. The molecule has 25 heavy (non-hydrogen) atoms. The average molecular weight is 333 g/mol. The quantitative estimate of drug-likeness (QED) is 0.805. The molecule has 2 aromatic rings. The van der Waals surface area contributed by atoms with Crippen LogP contribution in [0.2, 0.25) is 0 Å². The zero-order valence-electron chi connectivity index (χ0n) is 15.7. The zero-order chi connectivity index (χ0) is 17.6. The summed E-state index contributed by atoms with van der Waals surface area (Å²) < 4.78 is 6.23. The topological polar surface area (TPSA) is 21.3 Å². The van der Waals surface area contributed by atoms with Crippen molar-refractivity contribution in [2.75, 3.05) is 6.61 Å². The fourth-order valence-corrected chi connectivity index (χ4v) is 3.95. The van der Waals surface area contributed by atoms with E-state index in [1.54, 1.807) is 0 Å². The number of nitrogens with one attached hydrogen (secondary N) is 1. The summed E-state index contributed by atoms with van der Waals surface area (Å²) in [5.41, 5.74) is 9.37. The van der Waals surface area contributed by atoms with Gasteiger partial charge in [0.25, 0.3) is 0 Å². The Morgan fingerprint density at radius 1 is 1.08 bits per heavy atom. The molecule has 4 rings (SSSR count). The van der Waals surface area contributed by atoms with E-state index >= 15 is 0 Å². The number of hydrogen-bond donors (Lipinski definition) is 1. The molecular formula is C23H27NO. The van der Waals surface area contributed by atoms with Crippen LogP contribution in [0.5, 0.6) is 5.75 Å². The highest BCUT2D eigenvalue weighted by Gasteiger charge is 2.31. The van der Waals surface area contributed by atoms with E-state index in [4.69, 9.17) is 4.74 Å². The number of ether oxygens (including phenoxy) is 1. The molecule has 0 atom stereocenters. The molecule has 0 unspecified atom stereocenters. The maximum absolute atomic E-state index is 6.23. The van der Waals surface area contributed by atoms with Gasteiger partial charge < -0.3 is 10.1 Å². The molecule has 0 spiro atoms. The van der Waals surface area contributed by atoms with Gasteiger partial charge in [0.05, 0.1) is 0 Å². The van der Waals surface area contributed by atoms with Crippen LogP contribution in [0.25, 0.3) is 11.3 Å². The van der Waals surface area contributed by atoms with Crippen molar-refractivity contribution < 1.29 is 4.74 Å². The lowest BCUT2D eigenvalue weighted by Crippen LogP contribution is -2.13. The molecule has 0 aromatic heterocycles. The number of aryl methyl sites for hydroxylation is 1. The van der Waals surface area contributed by atoms with Crippen LogP contribution in [0.4, 0.5) is 0 Å². The number of hydrogen-bond acceptors (Lipinski definition) is 2. The van der Waals surface area contributed by atoms with Crippen LogP contribution in [-0.2, 0) is 18.4 Å². The fraction of sp³-hybridized carbons (Fsp3) is 0.391. The van der Waals surface area contributed by atoms with Gasteiger partial charge in [-0.3, -0.25) is 0 Å². The van der Waals surface area contributed by atoms with E-state index in [9.17, 15) is 0 Å². The smallest absolute Gasteiger partial charge is 0.131 e. The van der Waals surface area contributed by atoms with Crippen molar-refractivity contribution in [3.63, 3.8) is 0 Å². The van der Waals surface area contributed by atoms with Crippen molar-refractivity contribution in [1.82, 2.24) is 5.32 Å². The Morgan fingerprint density at radius 2 is 1.88 bits per heavy atom. The Hall–Kier alpha value is -2.22. The lowest BCUT2D eigenvalue weighted by Gasteiger charge is -2.23. The van der Waals surface area contributed by atoms with Crippen molar-refractivity contribution in [3.05, 3.63) is 64.2 Å². The normalized spacial score (nSPS) is 18.6. The Balaban J connectivity index is 1.91. The van der Waals surface area contributed by atoms with Gasteiger partial charge in [0.2, 0.25) is 0 Å². The summed E-state index contributed by atoms with van der Waals surface area (Å²) in [6, 6.07) is 13.4. The monoisotopic (exact) mass is 333 g/mol. The molecule has 0 aliphatic carbocycles. The number of rotatable bonds is 2. The molecule has 2 aromatic carbocycles. The van der Waals surface area contributed by atoms with Crippen LogP contribution in [0, 0.1) is 0 Å². The van der Waals surface area contributed by atoms with E-state index in [1.165, 1.54) is 39.1 Å². The van der Waals surface area contributed by atoms with Crippen molar-refractivity contribution in [3.8, 4) is 5.75 Å². The molecule has 130 valence electrons. The molecule has 1 N–H and O–H groups in total. The Morgan fingerprint density at radius 3 is 2.64 bits per heavy atom. The lowest BCUT2D eigenvalue weighted by molar-refractivity contribution is 0.375. The molecule has 0 saturated heterocycles. The molecule has 2 heterocycles. The molecule has 0 saturated carbocycles. The Bertz CT molecular complexity index is 855. The Labute approximate surface area is 150 Å².